The predicted molar refractivity (Wildman–Crippen MR) is 133 cm³/mol. The molecule has 0 spiro atoms. The Morgan fingerprint density at radius 3 is 2.50 bits per heavy atom. The Morgan fingerprint density at radius 2 is 1.88 bits per heavy atom. The molecule has 3 heterocycles. The molecule has 1 N–H and O–H groups in total. The fourth-order valence-corrected chi connectivity index (χ4v) is 5.46. The molecule has 3 aromatic rings. The minimum absolute atomic E-state index is 0.107. The minimum Gasteiger partial charge on any atom is -0.390 e. The third-order valence-electron chi connectivity index (χ3n) is 6.28. The summed E-state index contributed by atoms with van der Waals surface area (Å²) < 4.78 is 0. The Kier molecular flexibility index (Phi) is 6.70. The van der Waals surface area contributed by atoms with Crippen LogP contribution >= 0.6 is 22.9 Å². The molecule has 0 unspecified atom stereocenters. The van der Waals surface area contributed by atoms with Gasteiger partial charge in [-0.2, -0.15) is 0 Å². The molecule has 1 aliphatic rings. The second-order valence-electron chi connectivity index (χ2n) is 9.17. The number of thiophene rings is 1. The highest BCUT2D eigenvalue weighted by molar-refractivity contribution is 7.17. The summed E-state index contributed by atoms with van der Waals surface area (Å²) in [6.45, 7) is 7.64. The molecule has 2 aromatic heterocycles. The number of halogens is 1. The van der Waals surface area contributed by atoms with Gasteiger partial charge < -0.3 is 10.0 Å². The molecule has 0 bridgehead atoms. The molecule has 0 saturated carbocycles. The number of piperidine rings is 1. The first-order chi connectivity index (χ1) is 15.2. The van der Waals surface area contributed by atoms with Crippen molar-refractivity contribution in [1.82, 2.24) is 4.98 Å². The van der Waals surface area contributed by atoms with E-state index in [1.807, 2.05) is 56.4 Å². The van der Waals surface area contributed by atoms with Crippen LogP contribution < -0.4 is 4.90 Å². The van der Waals surface area contributed by atoms with Gasteiger partial charge in [0.05, 0.1) is 10.5 Å². The van der Waals surface area contributed by atoms with Crippen LogP contribution in [0.1, 0.15) is 47.5 Å². The molecule has 4 rings (SSSR count). The molecule has 6 heteroatoms. The molecule has 0 amide bonds. The normalized spacial score (nSPS) is 15.2. The van der Waals surface area contributed by atoms with Crippen molar-refractivity contribution in [2.75, 3.05) is 18.0 Å². The van der Waals surface area contributed by atoms with Gasteiger partial charge >= 0.3 is 0 Å². The van der Waals surface area contributed by atoms with Crippen LogP contribution in [0.3, 0.4) is 0 Å². The summed E-state index contributed by atoms with van der Waals surface area (Å²) >= 11 is 7.48. The third kappa shape index (κ3) is 5.22. The maximum Gasteiger partial charge on any atom is 0.177 e. The van der Waals surface area contributed by atoms with E-state index in [1.54, 1.807) is 0 Å². The Hall–Kier alpha value is -2.21. The number of hydrogen-bond acceptors (Lipinski definition) is 5. The number of anilines is 1. The number of aliphatic hydroxyl groups is 1. The molecule has 1 saturated heterocycles. The highest BCUT2D eigenvalue weighted by atomic mass is 35.5. The standard InChI is InChI=1S/C26H29ClN2O2S/c1-17-14-18(16-28-25(17)29-12-10-20(11-13-29)26(2,3)31)15-22(30)24-9-8-23(32-24)19-4-6-21(27)7-5-19/h4-9,14,16,20,31H,10-13,15H2,1-3H3. The monoisotopic (exact) mass is 468 g/mol. The van der Waals surface area contributed by atoms with Crippen LogP contribution in [-0.4, -0.2) is 34.6 Å². The van der Waals surface area contributed by atoms with Crippen LogP contribution in [0.4, 0.5) is 5.82 Å². The predicted octanol–water partition coefficient (Wildman–Crippen LogP) is 6.18. The lowest BCUT2D eigenvalue weighted by Crippen LogP contribution is -2.42. The molecule has 0 atom stereocenters. The molecule has 0 radical (unpaired) electrons. The third-order valence-corrected chi connectivity index (χ3v) is 7.70. The van der Waals surface area contributed by atoms with Crippen LogP contribution in [0.5, 0.6) is 0 Å². The first-order valence-electron chi connectivity index (χ1n) is 11.0. The van der Waals surface area contributed by atoms with E-state index in [2.05, 4.69) is 17.9 Å². The van der Waals surface area contributed by atoms with Crippen LogP contribution in [0.25, 0.3) is 10.4 Å². The minimum atomic E-state index is -0.631. The van der Waals surface area contributed by atoms with Gasteiger partial charge in [-0.15, -0.1) is 11.3 Å². The zero-order valence-corrected chi connectivity index (χ0v) is 20.3. The lowest BCUT2D eigenvalue weighted by atomic mass is 9.83. The van der Waals surface area contributed by atoms with Crippen molar-refractivity contribution >= 4 is 34.5 Å². The Bertz CT molecular complexity index is 1090. The number of hydrogen-bond donors (Lipinski definition) is 1. The SMILES string of the molecule is Cc1cc(CC(=O)c2ccc(-c3ccc(Cl)cc3)s2)cnc1N1CCC(C(C)(C)O)CC1. The van der Waals surface area contributed by atoms with Crippen LogP contribution in [-0.2, 0) is 6.42 Å². The quantitative estimate of drug-likeness (QED) is 0.438. The number of pyridine rings is 1. The first-order valence-corrected chi connectivity index (χ1v) is 12.2. The summed E-state index contributed by atoms with van der Waals surface area (Å²) in [4.78, 5) is 21.7. The van der Waals surface area contributed by atoms with Crippen molar-refractivity contribution in [2.45, 2.75) is 45.6 Å². The van der Waals surface area contributed by atoms with Crippen molar-refractivity contribution < 1.29 is 9.90 Å². The Balaban J connectivity index is 1.41. The van der Waals surface area contributed by atoms with Crippen LogP contribution in [0, 0.1) is 12.8 Å². The van der Waals surface area contributed by atoms with Crippen molar-refractivity contribution in [1.29, 1.82) is 0 Å². The molecule has 1 fully saturated rings. The summed E-state index contributed by atoms with van der Waals surface area (Å²) in [5, 5.41) is 11.0. The fraction of sp³-hybridized carbons (Fsp3) is 0.385. The molecule has 32 heavy (non-hydrogen) atoms. The summed E-state index contributed by atoms with van der Waals surface area (Å²) in [6.07, 6.45) is 4.09. The number of aryl methyl sites for hydroxylation is 1. The molecular formula is C26H29ClN2O2S. The van der Waals surface area contributed by atoms with E-state index < -0.39 is 5.60 Å². The van der Waals surface area contributed by atoms with Gasteiger partial charge in [0, 0.05) is 35.6 Å². The molecule has 0 aliphatic carbocycles. The number of rotatable bonds is 6. The Morgan fingerprint density at radius 1 is 1.19 bits per heavy atom. The first kappa shape index (κ1) is 23.0. The molecule has 4 nitrogen and oxygen atoms in total. The van der Waals surface area contributed by atoms with E-state index in [0.29, 0.717) is 17.4 Å². The van der Waals surface area contributed by atoms with Crippen LogP contribution in [0.15, 0.2) is 48.7 Å². The molecule has 1 aliphatic heterocycles. The van der Waals surface area contributed by atoms with Gasteiger partial charge in [0.15, 0.2) is 5.78 Å². The number of ketones is 1. The molecular weight excluding hydrogens is 440 g/mol. The van der Waals surface area contributed by atoms with Gasteiger partial charge in [-0.3, -0.25) is 4.79 Å². The highest BCUT2D eigenvalue weighted by Gasteiger charge is 2.31. The maximum absolute atomic E-state index is 12.9. The van der Waals surface area contributed by atoms with Crippen LogP contribution in [0.2, 0.25) is 5.02 Å². The molecule has 1 aromatic carbocycles. The summed E-state index contributed by atoms with van der Waals surface area (Å²) in [7, 11) is 0. The number of carbonyl (C=O) groups excluding carboxylic acids is 1. The summed E-state index contributed by atoms with van der Waals surface area (Å²) in [6, 6.07) is 13.6. The van der Waals surface area contributed by atoms with Gasteiger partial charge in [-0.05, 0) is 80.5 Å². The van der Waals surface area contributed by atoms with E-state index >= 15 is 0 Å². The van der Waals surface area contributed by atoms with E-state index in [-0.39, 0.29) is 5.78 Å². The van der Waals surface area contributed by atoms with E-state index in [0.717, 1.165) is 58.2 Å². The van der Waals surface area contributed by atoms with Crippen molar-refractivity contribution in [3.05, 3.63) is 69.7 Å². The highest BCUT2D eigenvalue weighted by Crippen LogP contribution is 2.32. The number of nitrogens with zero attached hydrogens (tertiary/aromatic N) is 2. The lowest BCUT2D eigenvalue weighted by Gasteiger charge is -2.38. The van der Waals surface area contributed by atoms with Gasteiger partial charge in [-0.1, -0.05) is 29.8 Å². The average molecular weight is 469 g/mol. The fourth-order valence-electron chi connectivity index (χ4n) is 4.38. The smallest absolute Gasteiger partial charge is 0.177 e. The topological polar surface area (TPSA) is 53.4 Å². The van der Waals surface area contributed by atoms with E-state index in [4.69, 9.17) is 16.6 Å². The van der Waals surface area contributed by atoms with Gasteiger partial charge in [0.1, 0.15) is 5.82 Å². The lowest BCUT2D eigenvalue weighted by molar-refractivity contribution is 0.00645. The van der Waals surface area contributed by atoms with Crippen molar-refractivity contribution in [3.63, 3.8) is 0 Å². The average Bonchev–Trinajstić information content (AvgIpc) is 3.24. The second kappa shape index (κ2) is 9.34. The van der Waals surface area contributed by atoms with Gasteiger partial charge in [0.25, 0.3) is 0 Å². The summed E-state index contributed by atoms with van der Waals surface area (Å²) in [5.41, 5.74) is 2.45. The maximum atomic E-state index is 12.9. The van der Waals surface area contributed by atoms with Crippen molar-refractivity contribution in [2.24, 2.45) is 5.92 Å². The molecule has 168 valence electrons. The van der Waals surface area contributed by atoms with E-state index in [1.165, 1.54) is 11.3 Å². The zero-order valence-electron chi connectivity index (χ0n) is 18.8. The number of Topliss-reactive ketones (excluding diaryl/α,β-unsaturated/α-hetero) is 1. The Labute approximate surface area is 198 Å². The van der Waals surface area contributed by atoms with Gasteiger partial charge in [0.2, 0.25) is 0 Å². The zero-order chi connectivity index (χ0) is 22.9. The number of benzene rings is 1. The second-order valence-corrected chi connectivity index (χ2v) is 10.7. The number of aromatic nitrogens is 1. The van der Waals surface area contributed by atoms with Crippen molar-refractivity contribution in [3.8, 4) is 10.4 Å². The van der Waals surface area contributed by atoms with E-state index in [9.17, 15) is 9.90 Å². The largest absolute Gasteiger partial charge is 0.390 e. The number of carbonyl (C=O) groups is 1. The van der Waals surface area contributed by atoms with Gasteiger partial charge in [-0.25, -0.2) is 4.98 Å². The summed E-state index contributed by atoms with van der Waals surface area (Å²) in [5.74, 6) is 1.41.